The van der Waals surface area contributed by atoms with E-state index < -0.39 is 5.82 Å². The van der Waals surface area contributed by atoms with Crippen molar-refractivity contribution in [1.29, 1.82) is 0 Å². The summed E-state index contributed by atoms with van der Waals surface area (Å²) in [5.74, 6) is -0.784. The van der Waals surface area contributed by atoms with Crippen LogP contribution in [0.5, 0.6) is 0 Å². The van der Waals surface area contributed by atoms with E-state index in [0.717, 1.165) is 17.0 Å². The third-order valence-electron chi connectivity index (χ3n) is 4.33. The quantitative estimate of drug-likeness (QED) is 0.740. The summed E-state index contributed by atoms with van der Waals surface area (Å²) in [6, 6.07) is 6.08. The number of rotatable bonds is 3. The smallest absolute Gasteiger partial charge is 0.257 e. The number of hydrogen-bond acceptors (Lipinski definition) is 3. The zero-order chi connectivity index (χ0) is 16.7. The van der Waals surface area contributed by atoms with E-state index in [2.05, 4.69) is 10.1 Å². The summed E-state index contributed by atoms with van der Waals surface area (Å²) < 4.78 is 17.6. The summed E-state index contributed by atoms with van der Waals surface area (Å²) >= 11 is 0. The van der Waals surface area contributed by atoms with Crippen LogP contribution in [0.1, 0.15) is 27.3 Å². The molecule has 6 nitrogen and oxygen atoms in total. The predicted molar refractivity (Wildman–Crippen MR) is 84.5 cm³/mol. The molecule has 0 atom stereocenters. The molecule has 0 N–H and O–H groups in total. The zero-order valence-electron chi connectivity index (χ0n) is 13.2. The van der Waals surface area contributed by atoms with E-state index in [1.165, 1.54) is 12.1 Å². The topological polar surface area (TPSA) is 56.0 Å². The van der Waals surface area contributed by atoms with Crippen molar-refractivity contribution in [1.82, 2.24) is 24.2 Å². The number of hydrogen-bond donors (Lipinski definition) is 0. The number of halogens is 1. The van der Waals surface area contributed by atoms with E-state index in [4.69, 9.17) is 0 Å². The van der Waals surface area contributed by atoms with Crippen molar-refractivity contribution in [3.63, 3.8) is 0 Å². The molecule has 0 unspecified atom stereocenters. The Labute approximate surface area is 138 Å². The summed E-state index contributed by atoms with van der Waals surface area (Å²) in [5, 5.41) is 4.55. The van der Waals surface area contributed by atoms with Gasteiger partial charge in [0.15, 0.2) is 0 Å². The van der Waals surface area contributed by atoms with Gasteiger partial charge < -0.3 is 9.47 Å². The van der Waals surface area contributed by atoms with Crippen LogP contribution < -0.4 is 0 Å². The minimum atomic E-state index is -0.491. The lowest BCUT2D eigenvalue weighted by molar-refractivity contribution is 0.0743. The fraction of sp³-hybridized carbons (Fsp3) is 0.235. The molecule has 0 bridgehead atoms. The monoisotopic (exact) mass is 325 g/mol. The highest BCUT2D eigenvalue weighted by Crippen LogP contribution is 2.27. The van der Waals surface area contributed by atoms with Crippen molar-refractivity contribution in [3.8, 4) is 0 Å². The van der Waals surface area contributed by atoms with Gasteiger partial charge in [-0.05, 0) is 12.1 Å². The number of carbonyl (C=O) groups is 1. The highest BCUT2D eigenvalue weighted by molar-refractivity contribution is 5.94. The van der Waals surface area contributed by atoms with Crippen LogP contribution in [-0.4, -0.2) is 30.1 Å². The van der Waals surface area contributed by atoms with Gasteiger partial charge in [0.05, 0.1) is 42.9 Å². The Morgan fingerprint density at radius 2 is 2.12 bits per heavy atom. The first-order valence-corrected chi connectivity index (χ1v) is 7.66. The molecule has 0 saturated carbocycles. The maximum atomic E-state index is 13.9. The number of aryl methyl sites for hydroxylation is 1. The Morgan fingerprint density at radius 3 is 2.88 bits per heavy atom. The van der Waals surface area contributed by atoms with Crippen LogP contribution in [0.2, 0.25) is 0 Å². The van der Waals surface area contributed by atoms with Gasteiger partial charge in [0.25, 0.3) is 5.91 Å². The summed E-state index contributed by atoms with van der Waals surface area (Å²) in [5.41, 5.74) is 3.05. The number of fused-ring (bicyclic) bond motifs is 1. The number of nitrogens with zero attached hydrogens (tertiary/aromatic N) is 5. The van der Waals surface area contributed by atoms with Crippen LogP contribution in [0.4, 0.5) is 4.39 Å². The van der Waals surface area contributed by atoms with Gasteiger partial charge in [0.1, 0.15) is 5.82 Å². The maximum absolute atomic E-state index is 13.9. The van der Waals surface area contributed by atoms with Crippen LogP contribution in [0.25, 0.3) is 0 Å². The first kappa shape index (κ1) is 14.6. The van der Waals surface area contributed by atoms with Gasteiger partial charge in [-0.1, -0.05) is 12.1 Å². The van der Waals surface area contributed by atoms with Gasteiger partial charge >= 0.3 is 0 Å². The summed E-state index contributed by atoms with van der Waals surface area (Å²) in [7, 11) is 1.87. The van der Waals surface area contributed by atoms with Crippen LogP contribution in [0.3, 0.4) is 0 Å². The van der Waals surface area contributed by atoms with Crippen LogP contribution in [-0.2, 0) is 26.7 Å². The molecule has 122 valence electrons. The molecule has 7 heteroatoms. The number of aromatic nitrogens is 4. The molecule has 4 rings (SSSR count). The molecule has 2 aromatic heterocycles. The maximum Gasteiger partial charge on any atom is 0.257 e. The summed E-state index contributed by atoms with van der Waals surface area (Å²) in [4.78, 5) is 18.3. The molecule has 0 radical (unpaired) electrons. The largest absolute Gasteiger partial charge is 0.331 e. The average molecular weight is 325 g/mol. The summed E-state index contributed by atoms with van der Waals surface area (Å²) in [6.45, 7) is 1.49. The second kappa shape index (κ2) is 5.59. The Hall–Kier alpha value is -2.96. The van der Waals surface area contributed by atoms with Gasteiger partial charge in [-0.3, -0.25) is 9.48 Å². The first-order valence-electron chi connectivity index (χ1n) is 7.66. The lowest BCUT2D eigenvalue weighted by atomic mass is 10.2. The first-order chi connectivity index (χ1) is 11.6. The molecule has 1 aliphatic heterocycles. The second-order valence-electron chi connectivity index (χ2n) is 5.87. The van der Waals surface area contributed by atoms with Crippen molar-refractivity contribution in [3.05, 3.63) is 71.3 Å². The highest BCUT2D eigenvalue weighted by Gasteiger charge is 2.31. The molecule has 3 heterocycles. The third kappa shape index (κ3) is 2.38. The molecule has 24 heavy (non-hydrogen) atoms. The fourth-order valence-corrected chi connectivity index (χ4v) is 3.10. The van der Waals surface area contributed by atoms with Crippen LogP contribution in [0.15, 0.2) is 43.0 Å². The van der Waals surface area contributed by atoms with Gasteiger partial charge in [-0.2, -0.15) is 5.10 Å². The molecule has 0 fully saturated rings. The van der Waals surface area contributed by atoms with Crippen molar-refractivity contribution >= 4 is 5.91 Å². The molecule has 3 aromatic rings. The SMILES string of the molecule is Cn1nc(Cn2ccnc2)c2c1CN(C(=O)c1ccccc1F)C2. The Kier molecular flexibility index (Phi) is 3.41. The van der Waals surface area contributed by atoms with E-state index >= 15 is 0 Å². The molecule has 0 spiro atoms. The number of imidazole rings is 1. The van der Waals surface area contributed by atoms with Gasteiger partial charge in [-0.25, -0.2) is 9.37 Å². The standard InChI is InChI=1S/C17H16FN5O/c1-21-16-10-23(17(24)12-4-2-3-5-14(12)18)8-13(16)15(20-21)9-22-7-6-19-11-22/h2-7,11H,8-10H2,1H3. The lowest BCUT2D eigenvalue weighted by Gasteiger charge is -2.16. The lowest BCUT2D eigenvalue weighted by Crippen LogP contribution is -2.27. The van der Waals surface area contributed by atoms with E-state index in [1.807, 2.05) is 17.8 Å². The van der Waals surface area contributed by atoms with E-state index in [9.17, 15) is 9.18 Å². The van der Waals surface area contributed by atoms with Crippen molar-refractivity contribution in [2.45, 2.75) is 19.6 Å². The Morgan fingerprint density at radius 1 is 1.29 bits per heavy atom. The van der Waals surface area contributed by atoms with Gasteiger partial charge in [0, 0.05) is 25.0 Å². The van der Waals surface area contributed by atoms with E-state index in [-0.39, 0.29) is 11.5 Å². The third-order valence-corrected chi connectivity index (χ3v) is 4.33. The number of carbonyl (C=O) groups excluding carboxylic acids is 1. The molecular weight excluding hydrogens is 309 g/mol. The highest BCUT2D eigenvalue weighted by atomic mass is 19.1. The Bertz CT molecular complexity index is 900. The average Bonchev–Trinajstić information content (AvgIpc) is 3.28. The van der Waals surface area contributed by atoms with Crippen LogP contribution in [0, 0.1) is 5.82 Å². The molecule has 0 aliphatic carbocycles. The normalized spacial score (nSPS) is 13.3. The molecule has 0 saturated heterocycles. The minimum Gasteiger partial charge on any atom is -0.331 e. The molecule has 1 aliphatic rings. The second-order valence-corrected chi connectivity index (χ2v) is 5.87. The van der Waals surface area contributed by atoms with Crippen molar-refractivity contribution < 1.29 is 9.18 Å². The number of benzene rings is 1. The fourth-order valence-electron chi connectivity index (χ4n) is 3.10. The van der Waals surface area contributed by atoms with Crippen LogP contribution >= 0.6 is 0 Å². The van der Waals surface area contributed by atoms with Crippen molar-refractivity contribution in [2.24, 2.45) is 7.05 Å². The molecular formula is C17H16FN5O. The zero-order valence-corrected chi connectivity index (χ0v) is 13.2. The van der Waals surface area contributed by atoms with E-state index in [0.29, 0.717) is 19.6 Å². The predicted octanol–water partition coefficient (Wildman–Crippen LogP) is 1.96. The van der Waals surface area contributed by atoms with Crippen molar-refractivity contribution in [2.75, 3.05) is 0 Å². The minimum absolute atomic E-state index is 0.106. The Balaban J connectivity index is 1.60. The summed E-state index contributed by atoms with van der Waals surface area (Å²) in [6.07, 6.45) is 5.33. The van der Waals surface area contributed by atoms with E-state index in [1.54, 1.807) is 34.2 Å². The van der Waals surface area contributed by atoms with Gasteiger partial charge in [-0.15, -0.1) is 0 Å². The van der Waals surface area contributed by atoms with Gasteiger partial charge in [0.2, 0.25) is 0 Å². The number of amides is 1. The molecule has 1 amide bonds. The molecule has 1 aromatic carbocycles.